The number of phenols is 2. The van der Waals surface area contributed by atoms with Gasteiger partial charge < -0.3 is 101 Å². The minimum absolute atomic E-state index is 0.0165. The Morgan fingerprint density at radius 1 is 0.449 bits per heavy atom. The van der Waals surface area contributed by atoms with Gasteiger partial charge in [0.15, 0.2) is 0 Å². The van der Waals surface area contributed by atoms with Gasteiger partial charge in [-0.25, -0.2) is 4.79 Å². The van der Waals surface area contributed by atoms with Crippen LogP contribution in [0.15, 0.2) is 78.9 Å². The van der Waals surface area contributed by atoms with Crippen LogP contribution in [-0.2, 0) is 91.2 Å². The fourth-order valence-electron chi connectivity index (χ4n) is 10.4. The smallest absolute Gasteiger partial charge is 0.326 e. The lowest BCUT2D eigenvalue weighted by Gasteiger charge is -2.29. The maximum atomic E-state index is 14.4. The van der Waals surface area contributed by atoms with E-state index in [0.29, 0.717) is 23.1 Å². The summed E-state index contributed by atoms with van der Waals surface area (Å²) < 4.78 is 0. The fourth-order valence-corrected chi connectivity index (χ4v) is 10.4. The van der Waals surface area contributed by atoms with E-state index in [0.717, 1.165) is 6.92 Å². The zero-order chi connectivity index (χ0) is 73.2. The molecule has 0 saturated carbocycles. The number of primary amides is 2. The number of nitrogens with zero attached hydrogens (tertiary/aromatic N) is 1. The van der Waals surface area contributed by atoms with Crippen molar-refractivity contribution in [3.63, 3.8) is 0 Å². The van der Waals surface area contributed by atoms with E-state index in [9.17, 15) is 103 Å². The highest BCUT2D eigenvalue weighted by molar-refractivity contribution is 6.01. The molecule has 1 fully saturated rings. The number of phenolic OH excluding ortho intramolecular Hbond substituents is 2. The number of likely N-dealkylation sites (tertiary alicyclic amines) is 1. The second-order valence-corrected chi connectivity index (χ2v) is 24.6. The summed E-state index contributed by atoms with van der Waals surface area (Å²) in [4.78, 5) is 203. The maximum absolute atomic E-state index is 14.4. The van der Waals surface area contributed by atoms with Crippen LogP contribution in [0.4, 0.5) is 0 Å². The molecule has 34 nitrogen and oxygen atoms in total. The first-order valence-electron chi connectivity index (χ1n) is 31.3. The highest BCUT2D eigenvalue weighted by Crippen LogP contribution is 2.21. The van der Waals surface area contributed by atoms with Crippen molar-refractivity contribution in [3.8, 4) is 11.5 Å². The van der Waals surface area contributed by atoms with Crippen LogP contribution in [0.2, 0.25) is 0 Å². The summed E-state index contributed by atoms with van der Waals surface area (Å²) in [5, 5.41) is 80.6. The molecule has 21 N–H and O–H groups in total. The summed E-state index contributed by atoms with van der Waals surface area (Å²) in [5.74, 6) is -19.6. The average Bonchev–Trinajstić information content (AvgIpc) is 1.52. The molecule has 34 heteroatoms. The van der Waals surface area contributed by atoms with Crippen molar-refractivity contribution in [1.29, 1.82) is 0 Å². The van der Waals surface area contributed by atoms with Crippen LogP contribution in [0.5, 0.6) is 11.5 Å². The van der Waals surface area contributed by atoms with Gasteiger partial charge in [0.2, 0.25) is 70.9 Å². The minimum Gasteiger partial charge on any atom is -0.508 e. The van der Waals surface area contributed by atoms with Crippen molar-refractivity contribution in [1.82, 2.24) is 52.8 Å². The molecule has 0 radical (unpaired) electrons. The lowest BCUT2D eigenvalue weighted by Crippen LogP contribution is -2.62. The number of hydrogen-bond acceptors (Lipinski definition) is 19. The molecule has 12 amide bonds. The number of amides is 12. The highest BCUT2D eigenvalue weighted by Gasteiger charge is 2.41. The molecule has 3 aromatic carbocycles. The van der Waals surface area contributed by atoms with Crippen LogP contribution in [0.3, 0.4) is 0 Å². The molecule has 534 valence electrons. The molecule has 0 unspecified atom stereocenters. The number of aliphatic carboxylic acids is 3. The number of rotatable bonds is 39. The Hall–Kier alpha value is -10.8. The van der Waals surface area contributed by atoms with E-state index in [-0.39, 0.29) is 56.1 Å². The summed E-state index contributed by atoms with van der Waals surface area (Å²) in [7, 11) is 0. The van der Waals surface area contributed by atoms with Crippen molar-refractivity contribution in [2.24, 2.45) is 29.0 Å². The molecule has 0 aromatic heterocycles. The van der Waals surface area contributed by atoms with Crippen LogP contribution in [0.1, 0.15) is 103 Å². The number of carboxylic acids is 3. The Morgan fingerprint density at radius 2 is 0.806 bits per heavy atom. The third kappa shape index (κ3) is 26.4. The molecule has 0 bridgehead atoms. The third-order valence-corrected chi connectivity index (χ3v) is 15.3. The van der Waals surface area contributed by atoms with Gasteiger partial charge in [0.25, 0.3) is 0 Å². The van der Waals surface area contributed by atoms with E-state index < -0.39 is 199 Å². The first-order chi connectivity index (χ1) is 46.0. The van der Waals surface area contributed by atoms with Crippen LogP contribution in [0, 0.1) is 11.8 Å². The number of benzene rings is 3. The number of aromatic hydroxyl groups is 2. The molecule has 1 aliphatic heterocycles. The third-order valence-electron chi connectivity index (χ3n) is 15.3. The molecule has 1 saturated heterocycles. The monoisotopic (exact) mass is 1370 g/mol. The van der Waals surface area contributed by atoms with Gasteiger partial charge in [-0.2, -0.15) is 0 Å². The van der Waals surface area contributed by atoms with Crippen LogP contribution < -0.4 is 65.1 Å². The van der Waals surface area contributed by atoms with Gasteiger partial charge in [0.05, 0.1) is 37.8 Å². The molecule has 0 spiro atoms. The van der Waals surface area contributed by atoms with Crippen LogP contribution in [0.25, 0.3) is 0 Å². The van der Waals surface area contributed by atoms with Gasteiger partial charge in [-0.3, -0.25) is 67.1 Å². The second kappa shape index (κ2) is 38.1. The van der Waals surface area contributed by atoms with Gasteiger partial charge in [-0.1, -0.05) is 82.3 Å². The fraction of sp³-hybridized carbons (Fsp3) is 0.484. The van der Waals surface area contributed by atoms with Crippen molar-refractivity contribution < 1.29 is 103 Å². The van der Waals surface area contributed by atoms with E-state index in [1.165, 1.54) is 65.6 Å². The van der Waals surface area contributed by atoms with Gasteiger partial charge in [-0.15, -0.1) is 0 Å². The number of carbonyl (C=O) groups is 15. The second-order valence-electron chi connectivity index (χ2n) is 24.6. The Balaban J connectivity index is 1.57. The highest BCUT2D eigenvalue weighted by atomic mass is 16.4. The SMILES string of the molecule is CC(C)C[C@H](NC(=O)[C@H](Cc1ccc(O)cc1)NC(=O)[C@@H](NC(=O)[C@H](CC(N)=O)NC(=O)[C@H](CC(=O)O)NC(=O)[C@H](Cc1ccccc1)NC(=O)[C@H](CC(N)=O)NC(=O)[C@H](CC(C)C)NC(=O)[C@H](CC(=O)O)NC(=O)[C@@H]1CCCN1C(=O)[C@@H](N)Cc1ccc(O)cc1)[C@@H](C)O)C(=O)O. The molecule has 3 aromatic rings. The average molecular weight is 1370 g/mol. The van der Waals surface area contributed by atoms with Gasteiger partial charge in [-0.05, 0) is 91.8 Å². The molecule has 12 atom stereocenters. The van der Waals surface area contributed by atoms with E-state index in [4.69, 9.17) is 17.2 Å². The van der Waals surface area contributed by atoms with E-state index >= 15 is 0 Å². The lowest BCUT2D eigenvalue weighted by molar-refractivity contribution is -0.143. The summed E-state index contributed by atoms with van der Waals surface area (Å²) in [6, 6.07) is -0.0661. The zero-order valence-corrected chi connectivity index (χ0v) is 54.6. The van der Waals surface area contributed by atoms with Gasteiger partial charge in [0, 0.05) is 19.4 Å². The predicted octanol–water partition coefficient (Wildman–Crippen LogP) is -3.94. The molecule has 98 heavy (non-hydrogen) atoms. The first-order valence-corrected chi connectivity index (χ1v) is 31.3. The largest absolute Gasteiger partial charge is 0.508 e. The van der Waals surface area contributed by atoms with E-state index in [1.54, 1.807) is 45.9 Å². The number of aliphatic hydroxyl groups is 1. The van der Waals surface area contributed by atoms with Gasteiger partial charge >= 0.3 is 17.9 Å². The van der Waals surface area contributed by atoms with E-state index in [2.05, 4.69) is 47.9 Å². The summed E-state index contributed by atoms with van der Waals surface area (Å²) in [6.45, 7) is 7.77. The summed E-state index contributed by atoms with van der Waals surface area (Å²) >= 11 is 0. The normalized spacial score (nSPS) is 16.1. The molecular formula is C64H87N13O21. The molecule has 1 heterocycles. The molecule has 1 aliphatic rings. The Bertz CT molecular complexity index is 3350. The van der Waals surface area contributed by atoms with Crippen molar-refractivity contribution >= 4 is 88.8 Å². The van der Waals surface area contributed by atoms with E-state index in [1.807, 2.05) is 0 Å². The van der Waals surface area contributed by atoms with Crippen molar-refractivity contribution in [2.75, 3.05) is 6.54 Å². The minimum atomic E-state index is -2.18. The van der Waals surface area contributed by atoms with Crippen LogP contribution in [-0.4, -0.2) is 203 Å². The summed E-state index contributed by atoms with van der Waals surface area (Å²) in [5.41, 5.74) is 18.5. The maximum Gasteiger partial charge on any atom is 0.326 e. The molecule has 4 rings (SSSR count). The number of hydrogen-bond donors (Lipinski definition) is 18. The number of nitrogens with two attached hydrogens (primary N) is 3. The lowest BCUT2D eigenvalue weighted by atomic mass is 10.0. The predicted molar refractivity (Wildman–Crippen MR) is 344 cm³/mol. The Labute approximate surface area is 562 Å². The number of carboxylic acid groups (broad SMARTS) is 3. The van der Waals surface area contributed by atoms with Crippen molar-refractivity contribution in [2.45, 2.75) is 178 Å². The number of carbonyl (C=O) groups excluding carboxylic acids is 12. The van der Waals surface area contributed by atoms with Gasteiger partial charge in [0.1, 0.15) is 71.9 Å². The zero-order valence-electron chi connectivity index (χ0n) is 54.6. The number of nitrogens with one attached hydrogen (secondary N) is 9. The molecule has 0 aliphatic carbocycles. The van der Waals surface area contributed by atoms with Crippen LogP contribution >= 0.6 is 0 Å². The Morgan fingerprint density at radius 3 is 1.23 bits per heavy atom. The molecular weight excluding hydrogens is 1290 g/mol. The standard InChI is InChI=1S/C64H87N13O21/c1-31(2)22-40(68-59(92)46(30-52(85)86)73-61(94)48-12-9-21-77(48)63(96)39(65)24-35-13-17-37(79)18-14-35)54(87)70-43(27-49(66)81)57(90)69-41(25-34-10-7-6-8-11-34)55(88)72-45(29-51(83)84)58(91)71-44(28-50(67)82)60(93)76-53(33(5)78)62(95)74-42(26-36-15-19-38(80)20-16-36)56(89)75-47(64(97)98)23-32(3)4/h6-8,10-11,13-20,31-33,39-48,53,78-80H,9,12,21-30,65H2,1-5H3,(H2,66,81)(H2,67,82)(H,68,92)(H,69,90)(H,70,87)(H,71,91)(H,72,88)(H,73,94)(H,74,95)(H,75,89)(H,76,93)(H,83,84)(H,85,86)(H,97,98)/t33-,39+,40+,41+,42+,43+,44+,45+,46+,47+,48+,53+/m1/s1. The summed E-state index contributed by atoms with van der Waals surface area (Å²) in [6.07, 6.45) is -6.69. The Kier molecular flexibility index (Phi) is 31.0. The quantitative estimate of drug-likeness (QED) is 0.0259. The van der Waals surface area contributed by atoms with Crippen molar-refractivity contribution in [3.05, 3.63) is 95.6 Å². The number of aliphatic hydroxyl groups excluding tert-OH is 1. The first kappa shape index (κ1) is 79.7. The topological polar surface area (TPSA) is 567 Å².